The fourth-order valence-electron chi connectivity index (χ4n) is 4.83. The van der Waals surface area contributed by atoms with Crippen molar-refractivity contribution in [3.8, 4) is 18.2 Å². The molecule has 2 aliphatic heterocycles. The molecule has 34 heavy (non-hydrogen) atoms. The average Bonchev–Trinajstić information content (AvgIpc) is 2.99. The normalized spacial score (nSPS) is 28.7. The summed E-state index contributed by atoms with van der Waals surface area (Å²) in [6.07, 6.45) is -1.33. The zero-order valence-corrected chi connectivity index (χ0v) is 19.4. The van der Waals surface area contributed by atoms with Crippen molar-refractivity contribution in [3.63, 3.8) is 0 Å². The van der Waals surface area contributed by atoms with Gasteiger partial charge in [0.25, 0.3) is 0 Å². The fraction of sp³-hybridized carbons (Fsp3) is 0.292. The van der Waals surface area contributed by atoms with Crippen LogP contribution in [0, 0.1) is 56.2 Å². The maximum Gasteiger partial charge on any atom is 0.337 e. The van der Waals surface area contributed by atoms with Crippen molar-refractivity contribution < 1.29 is 19.0 Å². The third-order valence-electron chi connectivity index (χ3n) is 6.61. The van der Waals surface area contributed by atoms with Crippen LogP contribution in [-0.4, -0.2) is 19.0 Å². The number of hydrogen-bond acceptors (Lipinski definition) is 8. The van der Waals surface area contributed by atoms with E-state index in [4.69, 9.17) is 42.8 Å². The van der Waals surface area contributed by atoms with E-state index >= 15 is 0 Å². The van der Waals surface area contributed by atoms with Gasteiger partial charge in [0.05, 0.1) is 41.8 Å². The SMILES string of the molecule is COC(=O)c1ccc(C2OC3(c4ccc(Cl)cc4Cl)OC(=N)C(C#N)(C3C)C2(C#N)C#N)cc1. The molecule has 2 saturated heterocycles. The van der Waals surface area contributed by atoms with Crippen molar-refractivity contribution in [1.82, 2.24) is 0 Å². The number of esters is 1. The van der Waals surface area contributed by atoms with E-state index in [0.717, 1.165) is 0 Å². The second kappa shape index (κ2) is 8.01. The van der Waals surface area contributed by atoms with Gasteiger partial charge in [0.15, 0.2) is 5.41 Å². The number of methoxy groups -OCH3 is 1. The molecule has 2 aromatic carbocycles. The molecule has 0 aliphatic carbocycles. The number of nitrogens with zero attached hydrogens (tertiary/aromatic N) is 3. The van der Waals surface area contributed by atoms with E-state index in [2.05, 4.69) is 0 Å². The zero-order valence-electron chi connectivity index (χ0n) is 17.9. The van der Waals surface area contributed by atoms with Gasteiger partial charge in [0, 0.05) is 10.6 Å². The maximum absolute atomic E-state index is 11.9. The quantitative estimate of drug-likeness (QED) is 0.598. The van der Waals surface area contributed by atoms with Crippen LogP contribution in [0.5, 0.6) is 0 Å². The lowest BCUT2D eigenvalue weighted by Gasteiger charge is -2.49. The van der Waals surface area contributed by atoms with Gasteiger partial charge in [0.2, 0.25) is 17.1 Å². The van der Waals surface area contributed by atoms with E-state index in [9.17, 15) is 20.6 Å². The molecule has 170 valence electrons. The molecule has 4 rings (SSSR count). The predicted molar refractivity (Wildman–Crippen MR) is 119 cm³/mol. The standard InChI is InChI=1S/C24H16Cl2N4O4/c1-13-23(12-29)21(30)34-24(13,17-8-7-16(25)9-18(17)26)33-19(22(23,10-27)11-28)14-3-5-15(6-4-14)20(31)32-2/h3-9,13,19,30H,1-2H3. The fourth-order valence-corrected chi connectivity index (χ4v) is 5.37. The number of carbonyl (C=O) groups excluding carboxylic acids is 1. The number of benzene rings is 2. The minimum Gasteiger partial charge on any atom is -0.465 e. The molecule has 0 amide bonds. The van der Waals surface area contributed by atoms with Crippen molar-refractivity contribution in [2.75, 3.05) is 7.11 Å². The zero-order chi connectivity index (χ0) is 24.9. The van der Waals surface area contributed by atoms with E-state index in [-0.39, 0.29) is 10.6 Å². The Bertz CT molecular complexity index is 1330. The number of fused-ring (bicyclic) bond motifs is 2. The molecule has 2 fully saturated rings. The van der Waals surface area contributed by atoms with E-state index < -0.39 is 40.5 Å². The first-order chi connectivity index (χ1) is 16.2. The Balaban J connectivity index is 2.00. The van der Waals surface area contributed by atoms with Crippen molar-refractivity contribution in [2.24, 2.45) is 16.7 Å². The number of ether oxygens (including phenoxy) is 3. The number of hydrogen-bond donors (Lipinski definition) is 1. The largest absolute Gasteiger partial charge is 0.465 e. The lowest BCUT2D eigenvalue weighted by atomic mass is 9.53. The van der Waals surface area contributed by atoms with Crippen LogP contribution in [0.15, 0.2) is 42.5 Å². The summed E-state index contributed by atoms with van der Waals surface area (Å²) >= 11 is 12.5. The van der Waals surface area contributed by atoms with E-state index in [1.807, 2.05) is 18.2 Å². The van der Waals surface area contributed by atoms with Gasteiger partial charge in [-0.05, 0) is 35.9 Å². The van der Waals surface area contributed by atoms with Crippen LogP contribution < -0.4 is 0 Å². The third-order valence-corrected chi connectivity index (χ3v) is 7.16. The van der Waals surface area contributed by atoms with Gasteiger partial charge in [-0.1, -0.05) is 42.3 Å². The molecule has 4 atom stereocenters. The summed E-state index contributed by atoms with van der Waals surface area (Å²) in [5, 5.41) is 40.0. The van der Waals surface area contributed by atoms with Gasteiger partial charge in [-0.15, -0.1) is 0 Å². The van der Waals surface area contributed by atoms with Gasteiger partial charge in [-0.25, -0.2) is 4.79 Å². The van der Waals surface area contributed by atoms with Crippen LogP contribution in [0.2, 0.25) is 10.0 Å². The van der Waals surface area contributed by atoms with Crippen molar-refractivity contribution in [3.05, 3.63) is 69.2 Å². The van der Waals surface area contributed by atoms with Gasteiger partial charge in [0.1, 0.15) is 6.10 Å². The Morgan fingerprint density at radius 3 is 2.26 bits per heavy atom. The molecule has 0 spiro atoms. The van der Waals surface area contributed by atoms with Crippen LogP contribution in [0.3, 0.4) is 0 Å². The molecule has 2 bridgehead atoms. The first kappa shape index (κ1) is 23.5. The molecule has 8 nitrogen and oxygen atoms in total. The monoisotopic (exact) mass is 494 g/mol. The first-order valence-corrected chi connectivity index (χ1v) is 10.8. The summed E-state index contributed by atoms with van der Waals surface area (Å²) in [6.45, 7) is 1.58. The Labute approximate surface area is 205 Å². The Kier molecular flexibility index (Phi) is 5.55. The van der Waals surface area contributed by atoms with E-state index in [0.29, 0.717) is 16.1 Å². The van der Waals surface area contributed by atoms with Crippen LogP contribution in [0.1, 0.15) is 34.5 Å². The smallest absolute Gasteiger partial charge is 0.337 e. The van der Waals surface area contributed by atoms with Crippen LogP contribution in [0.4, 0.5) is 0 Å². The highest BCUT2D eigenvalue weighted by Gasteiger charge is 2.80. The second-order valence-electron chi connectivity index (χ2n) is 8.01. The number of carbonyl (C=O) groups is 1. The third kappa shape index (κ3) is 2.79. The van der Waals surface area contributed by atoms with Gasteiger partial charge in [-0.3, -0.25) is 5.41 Å². The second-order valence-corrected chi connectivity index (χ2v) is 8.85. The molecule has 10 heteroatoms. The van der Waals surface area contributed by atoms with Crippen LogP contribution >= 0.6 is 23.2 Å². The number of nitriles is 3. The molecule has 0 radical (unpaired) electrons. The molecular weight excluding hydrogens is 479 g/mol. The van der Waals surface area contributed by atoms with Crippen molar-refractivity contribution in [2.45, 2.75) is 18.8 Å². The van der Waals surface area contributed by atoms with Crippen LogP contribution in [0.25, 0.3) is 0 Å². The lowest BCUT2D eigenvalue weighted by molar-refractivity contribution is -0.288. The highest BCUT2D eigenvalue weighted by atomic mass is 35.5. The molecule has 0 saturated carbocycles. The van der Waals surface area contributed by atoms with Crippen molar-refractivity contribution in [1.29, 1.82) is 21.2 Å². The summed E-state index contributed by atoms with van der Waals surface area (Å²) in [5.41, 5.74) is -3.26. The molecule has 4 unspecified atom stereocenters. The minimum absolute atomic E-state index is 0.169. The number of nitrogens with one attached hydrogen (secondary N) is 1. The topological polar surface area (TPSA) is 140 Å². The molecule has 2 heterocycles. The van der Waals surface area contributed by atoms with Gasteiger partial charge < -0.3 is 14.2 Å². The number of rotatable bonds is 3. The summed E-state index contributed by atoms with van der Waals surface area (Å²) in [4.78, 5) is 11.9. The van der Waals surface area contributed by atoms with E-state index in [1.54, 1.807) is 19.1 Å². The van der Waals surface area contributed by atoms with Gasteiger partial charge in [-0.2, -0.15) is 15.8 Å². The maximum atomic E-state index is 11.9. The van der Waals surface area contributed by atoms with Crippen molar-refractivity contribution >= 4 is 35.1 Å². The first-order valence-electron chi connectivity index (χ1n) is 10.0. The summed E-state index contributed by atoms with van der Waals surface area (Å²) in [5.74, 6) is -3.86. The molecule has 2 aliphatic rings. The minimum atomic E-state index is -2.15. The summed E-state index contributed by atoms with van der Waals surface area (Å²) in [7, 11) is 1.25. The Morgan fingerprint density at radius 1 is 1.09 bits per heavy atom. The van der Waals surface area contributed by atoms with E-state index in [1.165, 1.54) is 37.4 Å². The molecule has 0 aromatic heterocycles. The average molecular weight is 495 g/mol. The summed E-state index contributed by atoms with van der Waals surface area (Å²) < 4.78 is 17.0. The highest BCUT2D eigenvalue weighted by molar-refractivity contribution is 6.35. The molecule has 1 N–H and O–H groups in total. The molecule has 2 aromatic rings. The highest BCUT2D eigenvalue weighted by Crippen LogP contribution is 2.69. The molecular formula is C24H16Cl2N4O4. The Hall–Kier alpha value is -3.61. The summed E-state index contributed by atoms with van der Waals surface area (Å²) in [6, 6.07) is 16.5. The van der Waals surface area contributed by atoms with Crippen LogP contribution in [-0.2, 0) is 20.0 Å². The Morgan fingerprint density at radius 2 is 1.74 bits per heavy atom. The lowest BCUT2D eigenvalue weighted by Crippen LogP contribution is -2.57. The number of halogens is 2. The predicted octanol–water partition coefficient (Wildman–Crippen LogP) is 4.89. The van der Waals surface area contributed by atoms with Gasteiger partial charge >= 0.3 is 5.97 Å².